The van der Waals surface area contributed by atoms with Crippen molar-refractivity contribution in [3.63, 3.8) is 0 Å². The fourth-order valence-corrected chi connectivity index (χ4v) is 4.12. The highest BCUT2D eigenvalue weighted by Gasteiger charge is 2.24. The Morgan fingerprint density at radius 1 is 1.10 bits per heavy atom. The largest absolute Gasteiger partial charge is 0.493 e. The first kappa shape index (κ1) is 19.2. The minimum Gasteiger partial charge on any atom is -0.493 e. The summed E-state index contributed by atoms with van der Waals surface area (Å²) in [7, 11) is 3.10. The first-order chi connectivity index (χ1) is 14.0. The molecule has 0 aliphatic heterocycles. The standard InChI is InChI=1S/C21H16IN3O4/c1-28-14-9-12(8-13(22)19(14)29-2)15-16-20(23-10-24-21(16)27)25-17(15)18(26)11-6-4-3-5-7-11/h3-10H,1-2H3,(H2,23,24,25,27). The van der Waals surface area contributed by atoms with E-state index in [1.807, 2.05) is 12.1 Å². The van der Waals surface area contributed by atoms with Gasteiger partial charge >= 0.3 is 0 Å². The summed E-state index contributed by atoms with van der Waals surface area (Å²) in [6, 6.07) is 12.5. The highest BCUT2D eigenvalue weighted by Crippen LogP contribution is 2.40. The number of carbonyl (C=O) groups excluding carboxylic acids is 1. The van der Waals surface area contributed by atoms with Crippen LogP contribution in [-0.4, -0.2) is 35.0 Å². The Hall–Kier alpha value is -3.14. The molecule has 0 fully saturated rings. The van der Waals surface area contributed by atoms with E-state index in [4.69, 9.17) is 9.47 Å². The number of hydrogen-bond acceptors (Lipinski definition) is 5. The maximum absolute atomic E-state index is 13.3. The highest BCUT2D eigenvalue weighted by molar-refractivity contribution is 14.1. The molecular weight excluding hydrogens is 485 g/mol. The lowest BCUT2D eigenvalue weighted by molar-refractivity contribution is 0.103. The molecule has 0 saturated heterocycles. The van der Waals surface area contributed by atoms with E-state index in [-0.39, 0.29) is 5.78 Å². The van der Waals surface area contributed by atoms with Crippen LogP contribution in [0, 0.1) is 3.57 Å². The summed E-state index contributed by atoms with van der Waals surface area (Å²) >= 11 is 2.13. The highest BCUT2D eigenvalue weighted by atomic mass is 127. The van der Waals surface area contributed by atoms with Crippen LogP contribution in [0.25, 0.3) is 22.2 Å². The van der Waals surface area contributed by atoms with E-state index >= 15 is 0 Å². The Morgan fingerprint density at radius 3 is 2.55 bits per heavy atom. The van der Waals surface area contributed by atoms with Crippen LogP contribution in [0.2, 0.25) is 0 Å². The molecule has 29 heavy (non-hydrogen) atoms. The van der Waals surface area contributed by atoms with Crippen LogP contribution in [0.3, 0.4) is 0 Å². The zero-order chi connectivity index (χ0) is 20.5. The van der Waals surface area contributed by atoms with Gasteiger partial charge in [-0.05, 0) is 40.3 Å². The Labute approximate surface area is 179 Å². The molecule has 0 aliphatic rings. The molecule has 0 unspecified atom stereocenters. The SMILES string of the molecule is COc1cc(-c2c(C(=O)c3ccccc3)[nH]c3[nH]cnc(=O)c23)cc(I)c1OC. The van der Waals surface area contributed by atoms with Gasteiger partial charge in [-0.15, -0.1) is 0 Å². The van der Waals surface area contributed by atoms with Gasteiger partial charge in [-0.1, -0.05) is 30.3 Å². The van der Waals surface area contributed by atoms with Gasteiger partial charge in [0.1, 0.15) is 5.65 Å². The van der Waals surface area contributed by atoms with Crippen molar-refractivity contribution in [2.75, 3.05) is 14.2 Å². The number of ether oxygens (including phenoxy) is 2. The quantitative estimate of drug-likeness (QED) is 0.321. The number of hydrogen-bond donors (Lipinski definition) is 2. The molecule has 0 spiro atoms. The summed E-state index contributed by atoms with van der Waals surface area (Å²) in [6.07, 6.45) is 1.31. The Balaban J connectivity index is 2.05. The van der Waals surface area contributed by atoms with Crippen LogP contribution in [0.5, 0.6) is 11.5 Å². The second-order valence-electron chi connectivity index (χ2n) is 6.22. The zero-order valence-electron chi connectivity index (χ0n) is 15.6. The molecule has 0 atom stereocenters. The maximum atomic E-state index is 13.3. The maximum Gasteiger partial charge on any atom is 0.282 e. The lowest BCUT2D eigenvalue weighted by Crippen LogP contribution is -2.07. The number of benzene rings is 2. The number of aromatic amines is 2. The molecule has 4 rings (SSSR count). The third-order valence-electron chi connectivity index (χ3n) is 4.59. The molecule has 2 aromatic carbocycles. The minimum absolute atomic E-state index is 0.227. The van der Waals surface area contributed by atoms with E-state index in [1.165, 1.54) is 13.4 Å². The van der Waals surface area contributed by atoms with E-state index < -0.39 is 5.56 Å². The summed E-state index contributed by atoms with van der Waals surface area (Å²) < 4.78 is 11.7. The van der Waals surface area contributed by atoms with E-state index in [0.29, 0.717) is 44.9 Å². The van der Waals surface area contributed by atoms with Gasteiger partial charge in [-0.3, -0.25) is 9.59 Å². The number of aromatic nitrogens is 3. The summed E-state index contributed by atoms with van der Waals surface area (Å²) in [4.78, 5) is 35.7. The summed E-state index contributed by atoms with van der Waals surface area (Å²) in [6.45, 7) is 0. The second-order valence-corrected chi connectivity index (χ2v) is 7.38. The van der Waals surface area contributed by atoms with Crippen molar-refractivity contribution < 1.29 is 14.3 Å². The normalized spacial score (nSPS) is 10.9. The minimum atomic E-state index is -0.429. The van der Waals surface area contributed by atoms with Gasteiger partial charge < -0.3 is 19.4 Å². The molecule has 2 N–H and O–H groups in total. The molecule has 0 radical (unpaired) electrons. The van der Waals surface area contributed by atoms with E-state index in [0.717, 1.165) is 3.57 Å². The summed E-state index contributed by atoms with van der Waals surface area (Å²) in [5, 5.41) is 0.315. The van der Waals surface area contributed by atoms with Crippen LogP contribution in [0.4, 0.5) is 0 Å². The van der Waals surface area contributed by atoms with E-state index in [1.54, 1.807) is 37.4 Å². The second kappa shape index (κ2) is 7.70. The third kappa shape index (κ3) is 3.29. The molecule has 0 bridgehead atoms. The summed E-state index contributed by atoms with van der Waals surface area (Å²) in [5.41, 5.74) is 1.94. The van der Waals surface area contributed by atoms with Crippen LogP contribution >= 0.6 is 22.6 Å². The van der Waals surface area contributed by atoms with Crippen molar-refractivity contribution in [2.24, 2.45) is 0 Å². The first-order valence-electron chi connectivity index (χ1n) is 8.66. The fraction of sp³-hybridized carbons (Fsp3) is 0.0952. The van der Waals surface area contributed by atoms with Crippen LogP contribution in [0.15, 0.2) is 53.6 Å². The molecule has 4 aromatic rings. The number of ketones is 1. The molecular formula is C21H16IN3O4. The van der Waals surface area contributed by atoms with E-state index in [2.05, 4.69) is 37.5 Å². The van der Waals surface area contributed by atoms with Gasteiger partial charge in [-0.25, -0.2) is 0 Å². The Bertz CT molecular complexity index is 1280. The molecule has 2 heterocycles. The Kier molecular flexibility index (Phi) is 5.10. The van der Waals surface area contributed by atoms with Crippen molar-refractivity contribution in [2.45, 2.75) is 0 Å². The monoisotopic (exact) mass is 501 g/mol. The third-order valence-corrected chi connectivity index (χ3v) is 5.39. The molecule has 0 amide bonds. The molecule has 146 valence electrons. The van der Waals surface area contributed by atoms with Crippen molar-refractivity contribution in [3.05, 3.63) is 74.0 Å². The van der Waals surface area contributed by atoms with Crippen molar-refractivity contribution in [1.82, 2.24) is 15.0 Å². The Morgan fingerprint density at radius 2 is 1.86 bits per heavy atom. The number of carbonyl (C=O) groups is 1. The molecule has 8 heteroatoms. The van der Waals surface area contributed by atoms with Gasteiger partial charge in [0.25, 0.3) is 5.56 Å². The average Bonchev–Trinajstić information content (AvgIpc) is 3.14. The number of nitrogens with one attached hydrogen (secondary N) is 2. The number of fused-ring (bicyclic) bond motifs is 1. The number of methoxy groups -OCH3 is 2. The summed E-state index contributed by atoms with van der Waals surface area (Å²) in [5.74, 6) is 0.858. The van der Waals surface area contributed by atoms with Gasteiger partial charge in [-0.2, -0.15) is 4.98 Å². The number of rotatable bonds is 5. The molecule has 7 nitrogen and oxygen atoms in total. The first-order valence-corrected chi connectivity index (χ1v) is 9.74. The van der Waals surface area contributed by atoms with Crippen molar-refractivity contribution in [1.29, 1.82) is 0 Å². The van der Waals surface area contributed by atoms with Crippen molar-refractivity contribution >= 4 is 39.4 Å². The lowest BCUT2D eigenvalue weighted by Gasteiger charge is -2.12. The van der Waals surface area contributed by atoms with Crippen LogP contribution < -0.4 is 15.0 Å². The van der Waals surface area contributed by atoms with Crippen LogP contribution in [-0.2, 0) is 0 Å². The van der Waals surface area contributed by atoms with Gasteiger partial charge in [0.15, 0.2) is 11.5 Å². The zero-order valence-corrected chi connectivity index (χ0v) is 17.7. The van der Waals surface area contributed by atoms with Gasteiger partial charge in [0.05, 0.1) is 35.2 Å². The van der Waals surface area contributed by atoms with Crippen molar-refractivity contribution in [3.8, 4) is 22.6 Å². The number of H-pyrrole nitrogens is 2. The van der Waals surface area contributed by atoms with Crippen LogP contribution in [0.1, 0.15) is 16.1 Å². The lowest BCUT2D eigenvalue weighted by atomic mass is 9.98. The average molecular weight is 501 g/mol. The molecule has 0 saturated carbocycles. The van der Waals surface area contributed by atoms with E-state index in [9.17, 15) is 9.59 Å². The van der Waals surface area contributed by atoms with Gasteiger partial charge in [0, 0.05) is 11.1 Å². The topological polar surface area (TPSA) is 97.1 Å². The fourth-order valence-electron chi connectivity index (χ4n) is 3.30. The van der Waals surface area contributed by atoms with Gasteiger partial charge in [0.2, 0.25) is 5.78 Å². The molecule has 2 aromatic heterocycles. The number of nitrogens with zero attached hydrogens (tertiary/aromatic N) is 1. The number of halogens is 1. The predicted octanol–water partition coefficient (Wildman–Crippen LogP) is 3.77. The smallest absolute Gasteiger partial charge is 0.282 e. The molecule has 0 aliphatic carbocycles. The predicted molar refractivity (Wildman–Crippen MR) is 118 cm³/mol.